The highest BCUT2D eigenvalue weighted by Gasteiger charge is 2.64. The number of fused-ring (bicyclic) bond motifs is 1. The van der Waals surface area contributed by atoms with Gasteiger partial charge >= 0.3 is 22.3 Å². The van der Waals surface area contributed by atoms with Crippen LogP contribution < -0.4 is 0 Å². The maximum absolute atomic E-state index is 13.2. The largest absolute Gasteiger partial charge is 0.458 e. The monoisotopic (exact) mass is 416 g/mol. The predicted molar refractivity (Wildman–Crippen MR) is 103 cm³/mol. The second-order valence-electron chi connectivity index (χ2n) is 9.59. The molecule has 9 heteroatoms. The van der Waals surface area contributed by atoms with Gasteiger partial charge < -0.3 is 9.47 Å². The van der Waals surface area contributed by atoms with Crippen LogP contribution in [0.2, 0.25) is 0 Å². The van der Waals surface area contributed by atoms with E-state index in [9.17, 15) is 18.0 Å². The van der Waals surface area contributed by atoms with Crippen molar-refractivity contribution in [2.24, 2.45) is 5.41 Å². The summed E-state index contributed by atoms with van der Waals surface area (Å²) >= 11 is 0. The number of carbonyl (C=O) groups excluding carboxylic acids is 2. The van der Waals surface area contributed by atoms with Gasteiger partial charge in [-0.15, -0.1) is 0 Å². The summed E-state index contributed by atoms with van der Waals surface area (Å²) < 4.78 is 39.1. The third-order valence-electron chi connectivity index (χ3n) is 5.74. The van der Waals surface area contributed by atoms with Gasteiger partial charge in [0.05, 0.1) is 12.1 Å². The number of esters is 1. The SMILES string of the molecule is CC(C)OC(=O)N1[C@@H](C(=O)OC(C)(C)C)[C@@H]2CC3(CCCCC3)CN2S1(=O)=O. The molecule has 0 unspecified atom stereocenters. The molecule has 0 radical (unpaired) electrons. The summed E-state index contributed by atoms with van der Waals surface area (Å²) in [4.78, 5) is 25.6. The zero-order chi connectivity index (χ0) is 20.9. The Morgan fingerprint density at radius 2 is 1.71 bits per heavy atom. The predicted octanol–water partition coefficient (Wildman–Crippen LogP) is 2.83. The first-order valence-corrected chi connectivity index (χ1v) is 11.5. The molecule has 2 saturated heterocycles. The second kappa shape index (κ2) is 7.16. The highest BCUT2D eigenvalue weighted by Crippen LogP contribution is 2.51. The van der Waals surface area contributed by atoms with Crippen LogP contribution in [0.4, 0.5) is 4.79 Å². The Morgan fingerprint density at radius 3 is 2.25 bits per heavy atom. The van der Waals surface area contributed by atoms with Crippen molar-refractivity contribution in [1.82, 2.24) is 8.61 Å². The van der Waals surface area contributed by atoms with E-state index < -0.39 is 46.1 Å². The summed E-state index contributed by atoms with van der Waals surface area (Å²) in [7, 11) is -4.14. The molecule has 2 atom stereocenters. The molecule has 1 aliphatic carbocycles. The molecule has 160 valence electrons. The number of rotatable bonds is 2. The molecule has 3 rings (SSSR count). The fourth-order valence-electron chi connectivity index (χ4n) is 4.73. The fourth-order valence-corrected chi connectivity index (χ4v) is 6.67. The summed E-state index contributed by atoms with van der Waals surface area (Å²) in [6, 6.07) is -1.81. The van der Waals surface area contributed by atoms with E-state index in [0.29, 0.717) is 17.3 Å². The minimum atomic E-state index is -4.14. The molecular formula is C19H32N2O6S. The van der Waals surface area contributed by atoms with Gasteiger partial charge in [-0.3, -0.25) is 0 Å². The Kier molecular flexibility index (Phi) is 5.46. The molecule has 0 bridgehead atoms. The fraction of sp³-hybridized carbons (Fsp3) is 0.895. The zero-order valence-corrected chi connectivity index (χ0v) is 18.3. The van der Waals surface area contributed by atoms with E-state index in [1.807, 2.05) is 0 Å². The Hall–Kier alpha value is -1.35. The van der Waals surface area contributed by atoms with Crippen molar-refractivity contribution < 1.29 is 27.5 Å². The molecule has 2 aliphatic heterocycles. The van der Waals surface area contributed by atoms with E-state index >= 15 is 0 Å². The first-order valence-electron chi connectivity index (χ1n) is 10.1. The standard InChI is InChI=1S/C19H32N2O6S/c1-13(2)26-17(23)21-15(16(22)27-18(3,4)5)14-11-19(9-7-6-8-10-19)12-20(14)28(21,24)25/h13-15H,6-12H2,1-5H3/t14-,15+/m0/s1. The quantitative estimate of drug-likeness (QED) is 0.643. The van der Waals surface area contributed by atoms with Crippen molar-refractivity contribution in [2.75, 3.05) is 6.54 Å². The average Bonchev–Trinajstić information content (AvgIpc) is 2.98. The van der Waals surface area contributed by atoms with Gasteiger partial charge in [0.25, 0.3) is 0 Å². The van der Waals surface area contributed by atoms with Crippen LogP contribution in [0.1, 0.15) is 73.1 Å². The molecule has 0 aromatic heterocycles. The van der Waals surface area contributed by atoms with Crippen molar-refractivity contribution in [3.63, 3.8) is 0 Å². The van der Waals surface area contributed by atoms with Crippen LogP contribution >= 0.6 is 0 Å². The Morgan fingerprint density at radius 1 is 1.11 bits per heavy atom. The molecular weight excluding hydrogens is 384 g/mol. The maximum atomic E-state index is 13.2. The summed E-state index contributed by atoms with van der Waals surface area (Å²) in [6.07, 6.45) is 4.25. The average molecular weight is 417 g/mol. The summed E-state index contributed by atoms with van der Waals surface area (Å²) in [5.74, 6) is -0.697. The van der Waals surface area contributed by atoms with Gasteiger partial charge in [0.2, 0.25) is 0 Å². The number of ether oxygens (including phenoxy) is 2. The number of hydrogen-bond acceptors (Lipinski definition) is 6. The smallest absolute Gasteiger partial charge is 0.425 e. The van der Waals surface area contributed by atoms with Crippen molar-refractivity contribution in [3.8, 4) is 0 Å². The summed E-state index contributed by atoms with van der Waals surface area (Å²) in [5.41, 5.74) is -0.896. The molecule has 1 amide bonds. The van der Waals surface area contributed by atoms with Crippen LogP contribution in [0.15, 0.2) is 0 Å². The Labute approximate surface area is 167 Å². The third kappa shape index (κ3) is 3.87. The maximum Gasteiger partial charge on any atom is 0.425 e. The lowest BCUT2D eigenvalue weighted by molar-refractivity contribution is -0.160. The van der Waals surface area contributed by atoms with Gasteiger partial charge in [-0.1, -0.05) is 19.3 Å². The third-order valence-corrected chi connectivity index (χ3v) is 7.61. The molecule has 28 heavy (non-hydrogen) atoms. The number of amides is 1. The van der Waals surface area contributed by atoms with Crippen LogP contribution in [0.3, 0.4) is 0 Å². The molecule has 3 fully saturated rings. The molecule has 3 aliphatic rings. The molecule has 0 N–H and O–H groups in total. The minimum Gasteiger partial charge on any atom is -0.458 e. The Bertz CT molecular complexity index is 736. The van der Waals surface area contributed by atoms with Crippen molar-refractivity contribution >= 4 is 22.3 Å². The minimum absolute atomic E-state index is 0.107. The number of nitrogens with zero attached hydrogens (tertiary/aromatic N) is 2. The molecule has 1 spiro atoms. The molecule has 8 nitrogen and oxygen atoms in total. The highest BCUT2D eigenvalue weighted by molar-refractivity contribution is 7.87. The number of carbonyl (C=O) groups is 2. The van der Waals surface area contributed by atoms with Crippen LogP contribution in [-0.2, 0) is 24.5 Å². The van der Waals surface area contributed by atoms with Crippen molar-refractivity contribution in [2.45, 2.75) is 96.9 Å². The first kappa shape index (κ1) is 21.4. The van der Waals surface area contributed by atoms with Gasteiger partial charge in [-0.2, -0.15) is 17.0 Å². The lowest BCUT2D eigenvalue weighted by Gasteiger charge is -2.35. The van der Waals surface area contributed by atoms with Crippen LogP contribution in [-0.4, -0.2) is 59.4 Å². The highest BCUT2D eigenvalue weighted by atomic mass is 32.2. The van der Waals surface area contributed by atoms with Crippen LogP contribution in [0, 0.1) is 5.41 Å². The lowest BCUT2D eigenvalue weighted by Crippen LogP contribution is -2.50. The molecule has 1 saturated carbocycles. The Balaban J connectivity index is 1.97. The van der Waals surface area contributed by atoms with Gasteiger partial charge in [0.1, 0.15) is 5.60 Å². The number of hydrogen-bond donors (Lipinski definition) is 0. The van der Waals surface area contributed by atoms with E-state index in [-0.39, 0.29) is 5.41 Å². The van der Waals surface area contributed by atoms with E-state index in [4.69, 9.17) is 9.47 Å². The van der Waals surface area contributed by atoms with Crippen molar-refractivity contribution in [3.05, 3.63) is 0 Å². The van der Waals surface area contributed by atoms with E-state index in [1.165, 1.54) is 4.31 Å². The molecule has 2 heterocycles. The zero-order valence-electron chi connectivity index (χ0n) is 17.4. The van der Waals surface area contributed by atoms with E-state index in [2.05, 4.69) is 0 Å². The van der Waals surface area contributed by atoms with E-state index in [0.717, 1.165) is 32.1 Å². The summed E-state index contributed by atoms with van der Waals surface area (Å²) in [5, 5.41) is 0. The van der Waals surface area contributed by atoms with Crippen LogP contribution in [0.5, 0.6) is 0 Å². The van der Waals surface area contributed by atoms with Crippen molar-refractivity contribution in [1.29, 1.82) is 0 Å². The van der Waals surface area contributed by atoms with Gasteiger partial charge in [0.15, 0.2) is 6.04 Å². The second-order valence-corrected chi connectivity index (χ2v) is 11.3. The normalized spacial score (nSPS) is 29.1. The summed E-state index contributed by atoms with van der Waals surface area (Å²) in [6.45, 7) is 8.80. The first-order chi connectivity index (χ1) is 12.9. The van der Waals surface area contributed by atoms with E-state index in [1.54, 1.807) is 34.6 Å². The lowest BCUT2D eigenvalue weighted by atomic mass is 9.72. The van der Waals surface area contributed by atoms with Gasteiger partial charge in [-0.25, -0.2) is 9.59 Å². The van der Waals surface area contributed by atoms with Gasteiger partial charge in [0, 0.05) is 6.54 Å². The molecule has 0 aromatic carbocycles. The van der Waals surface area contributed by atoms with Crippen LogP contribution in [0.25, 0.3) is 0 Å². The van der Waals surface area contributed by atoms with Gasteiger partial charge in [-0.05, 0) is 59.3 Å². The molecule has 0 aromatic rings. The topological polar surface area (TPSA) is 93.2 Å².